The van der Waals surface area contributed by atoms with Crippen molar-refractivity contribution in [1.82, 2.24) is 5.32 Å². The second-order valence-corrected chi connectivity index (χ2v) is 4.59. The third kappa shape index (κ3) is 4.36. The molecule has 0 aliphatic rings. The van der Waals surface area contributed by atoms with Crippen LogP contribution in [-0.4, -0.2) is 28.8 Å². The molecular formula is C12H13ClF3NO3. The zero-order valence-electron chi connectivity index (χ0n) is 10.4. The Kier molecular flexibility index (Phi) is 5.38. The lowest BCUT2D eigenvalue weighted by Gasteiger charge is -2.19. The predicted octanol–water partition coefficient (Wildman–Crippen LogP) is 1.89. The minimum atomic E-state index is -4.59. The van der Waals surface area contributed by atoms with Gasteiger partial charge < -0.3 is 15.5 Å². The van der Waals surface area contributed by atoms with Crippen molar-refractivity contribution >= 4 is 17.5 Å². The Morgan fingerprint density at radius 3 is 2.45 bits per heavy atom. The second-order valence-electron chi connectivity index (χ2n) is 4.19. The van der Waals surface area contributed by atoms with E-state index < -0.39 is 34.9 Å². The van der Waals surface area contributed by atoms with E-state index in [4.69, 9.17) is 11.6 Å². The largest absolute Gasteiger partial charge is 0.417 e. The third-order valence-electron chi connectivity index (χ3n) is 2.56. The van der Waals surface area contributed by atoms with Crippen molar-refractivity contribution in [3.05, 3.63) is 34.3 Å². The highest BCUT2D eigenvalue weighted by molar-refractivity contribution is 6.31. The number of aliphatic hydroxyl groups is 2. The lowest BCUT2D eigenvalue weighted by Crippen LogP contribution is -2.34. The Bertz CT molecular complexity index is 493. The minimum absolute atomic E-state index is 0.0286. The van der Waals surface area contributed by atoms with Gasteiger partial charge in [0.05, 0.1) is 10.6 Å². The number of nitrogens with one attached hydrogen (secondary N) is 1. The molecule has 1 aromatic carbocycles. The van der Waals surface area contributed by atoms with Crippen LogP contribution in [0.15, 0.2) is 18.2 Å². The van der Waals surface area contributed by atoms with Gasteiger partial charge in [0.1, 0.15) is 12.2 Å². The summed E-state index contributed by atoms with van der Waals surface area (Å²) >= 11 is 5.51. The average Bonchev–Trinajstić information content (AvgIpc) is 2.33. The van der Waals surface area contributed by atoms with Gasteiger partial charge in [-0.15, -0.1) is 0 Å². The van der Waals surface area contributed by atoms with E-state index in [0.717, 1.165) is 18.2 Å². The fourth-order valence-corrected chi connectivity index (χ4v) is 1.82. The number of alkyl halides is 3. The molecule has 1 aromatic rings. The van der Waals surface area contributed by atoms with E-state index in [9.17, 15) is 28.2 Å². The maximum atomic E-state index is 12.5. The van der Waals surface area contributed by atoms with Gasteiger partial charge in [0.15, 0.2) is 0 Å². The molecule has 0 radical (unpaired) electrons. The minimum Gasteiger partial charge on any atom is -0.388 e. The lowest BCUT2D eigenvalue weighted by molar-refractivity contribution is -0.137. The Morgan fingerprint density at radius 1 is 1.40 bits per heavy atom. The van der Waals surface area contributed by atoms with Crippen LogP contribution in [-0.2, 0) is 11.0 Å². The lowest BCUT2D eigenvalue weighted by atomic mass is 10.0. The Morgan fingerprint density at radius 2 is 2.00 bits per heavy atom. The first-order valence-electron chi connectivity index (χ1n) is 5.60. The van der Waals surface area contributed by atoms with Crippen molar-refractivity contribution in [3.8, 4) is 0 Å². The fourth-order valence-electron chi connectivity index (χ4n) is 1.53. The molecule has 3 N–H and O–H groups in total. The van der Waals surface area contributed by atoms with E-state index in [0.29, 0.717) is 0 Å². The van der Waals surface area contributed by atoms with Gasteiger partial charge in [-0.05, 0) is 17.7 Å². The maximum absolute atomic E-state index is 12.5. The van der Waals surface area contributed by atoms with Gasteiger partial charge in [0.2, 0.25) is 5.91 Å². The number of carbonyl (C=O) groups is 1. The van der Waals surface area contributed by atoms with Gasteiger partial charge >= 0.3 is 6.18 Å². The first kappa shape index (κ1) is 16.7. The summed E-state index contributed by atoms with van der Waals surface area (Å²) in [5.41, 5.74) is -0.993. The topological polar surface area (TPSA) is 69.6 Å². The molecule has 4 nitrogen and oxygen atoms in total. The molecular weight excluding hydrogens is 299 g/mol. The highest BCUT2D eigenvalue weighted by Crippen LogP contribution is 2.36. The van der Waals surface area contributed by atoms with Crippen molar-refractivity contribution in [3.63, 3.8) is 0 Å². The van der Waals surface area contributed by atoms with Gasteiger partial charge in [-0.2, -0.15) is 13.2 Å². The summed E-state index contributed by atoms with van der Waals surface area (Å²) < 4.78 is 37.5. The average molecular weight is 312 g/mol. The first-order valence-corrected chi connectivity index (χ1v) is 5.98. The highest BCUT2D eigenvalue weighted by Gasteiger charge is 2.33. The second kappa shape index (κ2) is 6.43. The van der Waals surface area contributed by atoms with Gasteiger partial charge in [0, 0.05) is 13.5 Å². The van der Waals surface area contributed by atoms with E-state index >= 15 is 0 Å². The summed E-state index contributed by atoms with van der Waals surface area (Å²) in [5.74, 6) is -0.401. The molecule has 0 heterocycles. The number of hydrogen-bond donors (Lipinski definition) is 3. The Hall–Kier alpha value is -1.31. The van der Waals surface area contributed by atoms with Crippen LogP contribution < -0.4 is 5.32 Å². The van der Waals surface area contributed by atoms with Crippen molar-refractivity contribution in [2.45, 2.75) is 25.3 Å². The number of aliphatic hydroxyl groups excluding tert-OH is 2. The summed E-state index contributed by atoms with van der Waals surface area (Å²) in [6.45, 7) is 1.00. The quantitative estimate of drug-likeness (QED) is 0.795. The van der Waals surface area contributed by atoms with Gasteiger partial charge in [-0.3, -0.25) is 4.79 Å². The zero-order chi connectivity index (χ0) is 15.5. The Balaban J connectivity index is 2.87. The van der Waals surface area contributed by atoms with Crippen LogP contribution >= 0.6 is 11.6 Å². The number of amides is 1. The molecule has 0 aliphatic carbocycles. The molecule has 1 amide bonds. The first-order chi connectivity index (χ1) is 9.12. The molecule has 112 valence electrons. The van der Waals surface area contributed by atoms with Gasteiger partial charge in [0.25, 0.3) is 0 Å². The number of rotatable bonds is 4. The van der Waals surface area contributed by atoms with Gasteiger partial charge in [-0.25, -0.2) is 0 Å². The molecule has 0 bridgehead atoms. The van der Waals surface area contributed by atoms with Crippen LogP contribution in [0, 0.1) is 0 Å². The highest BCUT2D eigenvalue weighted by atomic mass is 35.5. The molecule has 1 rings (SSSR count). The number of hydrogen-bond acceptors (Lipinski definition) is 3. The molecule has 2 unspecified atom stereocenters. The number of halogens is 4. The maximum Gasteiger partial charge on any atom is 0.417 e. The van der Waals surface area contributed by atoms with Crippen LogP contribution in [0.5, 0.6) is 0 Å². The van der Waals surface area contributed by atoms with E-state index in [-0.39, 0.29) is 12.1 Å². The van der Waals surface area contributed by atoms with Crippen LogP contribution in [0.4, 0.5) is 13.2 Å². The molecule has 0 spiro atoms. The molecule has 0 fully saturated rings. The monoisotopic (exact) mass is 311 g/mol. The Labute approximate surface area is 118 Å². The van der Waals surface area contributed by atoms with E-state index in [1.54, 1.807) is 0 Å². The summed E-state index contributed by atoms with van der Waals surface area (Å²) in [5, 5.41) is 21.1. The van der Waals surface area contributed by atoms with Gasteiger partial charge in [-0.1, -0.05) is 17.7 Å². The van der Waals surface area contributed by atoms with Crippen molar-refractivity contribution < 1.29 is 28.2 Å². The normalized spacial score (nSPS) is 14.8. The van der Waals surface area contributed by atoms with E-state index in [1.807, 2.05) is 0 Å². The predicted molar refractivity (Wildman–Crippen MR) is 66.1 cm³/mol. The van der Waals surface area contributed by atoms with Crippen molar-refractivity contribution in [2.24, 2.45) is 0 Å². The smallest absolute Gasteiger partial charge is 0.388 e. The molecule has 0 aromatic heterocycles. The van der Waals surface area contributed by atoms with Crippen molar-refractivity contribution in [1.29, 1.82) is 0 Å². The van der Waals surface area contributed by atoms with Crippen LogP contribution in [0.25, 0.3) is 0 Å². The number of carbonyl (C=O) groups excluding carboxylic acids is 1. The van der Waals surface area contributed by atoms with E-state index in [2.05, 4.69) is 5.32 Å². The summed E-state index contributed by atoms with van der Waals surface area (Å²) in [6.07, 6.45) is -7.40. The molecule has 0 saturated carbocycles. The molecule has 0 aliphatic heterocycles. The summed E-state index contributed by atoms with van der Waals surface area (Å²) in [7, 11) is 0. The molecule has 2 atom stereocenters. The van der Waals surface area contributed by atoms with Crippen LogP contribution in [0.1, 0.15) is 24.2 Å². The SMILES string of the molecule is CC(=O)NCC(O)C(O)c1ccc(C(F)(F)F)c(Cl)c1. The van der Waals surface area contributed by atoms with Crippen LogP contribution in [0.2, 0.25) is 5.02 Å². The summed E-state index contributed by atoms with van der Waals surface area (Å²) in [4.78, 5) is 10.7. The standard InChI is InChI=1S/C12H13ClF3NO3/c1-6(18)17-5-10(19)11(20)7-2-3-8(9(13)4-7)12(14,15)16/h2-4,10-11,19-20H,5H2,1H3,(H,17,18). The van der Waals surface area contributed by atoms with Crippen LogP contribution in [0.3, 0.4) is 0 Å². The summed E-state index contributed by atoms with van der Waals surface area (Å²) in [6, 6.07) is 2.69. The van der Waals surface area contributed by atoms with Crippen molar-refractivity contribution in [2.75, 3.05) is 6.54 Å². The van der Waals surface area contributed by atoms with E-state index in [1.165, 1.54) is 6.92 Å². The molecule has 20 heavy (non-hydrogen) atoms. The molecule has 0 saturated heterocycles. The third-order valence-corrected chi connectivity index (χ3v) is 2.88. The number of benzene rings is 1. The molecule has 8 heteroatoms. The fraction of sp³-hybridized carbons (Fsp3) is 0.417. The zero-order valence-corrected chi connectivity index (χ0v) is 11.2.